The molecule has 1 saturated heterocycles. The van der Waals surface area contributed by atoms with Crippen LogP contribution in [0.2, 0.25) is 0 Å². The Hall–Kier alpha value is -2.38. The van der Waals surface area contributed by atoms with E-state index in [-0.39, 0.29) is 5.91 Å². The molecule has 0 spiro atoms. The van der Waals surface area contributed by atoms with Crippen molar-refractivity contribution in [3.63, 3.8) is 0 Å². The second kappa shape index (κ2) is 8.64. The Morgan fingerprint density at radius 3 is 3.04 bits per heavy atom. The van der Waals surface area contributed by atoms with Gasteiger partial charge in [-0.15, -0.1) is 0 Å². The van der Waals surface area contributed by atoms with Crippen LogP contribution in [0.25, 0.3) is 0 Å². The molecular weight excluding hydrogens is 320 g/mol. The van der Waals surface area contributed by atoms with Gasteiger partial charge in [0, 0.05) is 25.3 Å². The van der Waals surface area contributed by atoms with Gasteiger partial charge in [-0.05, 0) is 19.1 Å². The number of ether oxygens (including phenoxy) is 2. The molecule has 1 aliphatic heterocycles. The number of nitrogens with one attached hydrogen (secondary N) is 2. The molecule has 1 atom stereocenters. The van der Waals surface area contributed by atoms with Crippen LogP contribution in [0.1, 0.15) is 11.4 Å². The Morgan fingerprint density at radius 1 is 1.44 bits per heavy atom. The van der Waals surface area contributed by atoms with Crippen LogP contribution in [0.5, 0.6) is 5.75 Å². The Kier molecular flexibility index (Phi) is 6.03. The first kappa shape index (κ1) is 17.4. The fourth-order valence-corrected chi connectivity index (χ4v) is 2.74. The molecule has 134 valence electrons. The first-order chi connectivity index (χ1) is 12.2. The zero-order valence-corrected chi connectivity index (χ0v) is 14.4. The lowest BCUT2D eigenvalue weighted by Gasteiger charge is -2.31. The molecule has 1 fully saturated rings. The van der Waals surface area contributed by atoms with Crippen LogP contribution < -0.4 is 10.1 Å². The van der Waals surface area contributed by atoms with Crippen molar-refractivity contribution in [3.05, 3.63) is 48.0 Å². The zero-order chi connectivity index (χ0) is 17.5. The number of morpholine rings is 1. The molecule has 7 heteroatoms. The highest BCUT2D eigenvalue weighted by Crippen LogP contribution is 2.11. The molecule has 2 aromatic rings. The van der Waals surface area contributed by atoms with E-state index in [0.717, 1.165) is 30.2 Å². The summed E-state index contributed by atoms with van der Waals surface area (Å²) in [5, 5.41) is 2.88. The van der Waals surface area contributed by atoms with Gasteiger partial charge in [0.25, 0.3) is 5.91 Å². The average Bonchev–Trinajstić information content (AvgIpc) is 3.04. The maximum atomic E-state index is 12.3. The molecule has 2 heterocycles. The number of rotatable bonds is 7. The summed E-state index contributed by atoms with van der Waals surface area (Å²) in [5.74, 6) is 0.700. The summed E-state index contributed by atoms with van der Waals surface area (Å²) in [6.45, 7) is 5.51. The number of para-hydroxylation sites is 1. The van der Waals surface area contributed by atoms with Gasteiger partial charge in [-0.25, -0.2) is 4.98 Å². The summed E-state index contributed by atoms with van der Waals surface area (Å²) in [6.07, 6.45) is 1.24. The Morgan fingerprint density at radius 2 is 2.28 bits per heavy atom. The molecule has 3 rings (SSSR count). The standard InChI is InChI=1S/C18H24N4O3/c1-14-16(21-13-20-14)11-22-8-10-25-17(12-22)18(23)19-7-9-24-15-5-3-2-4-6-15/h2-6,13,17H,7-12H2,1H3,(H,19,23)(H,20,21)/t17-/m1/s1. The number of carbonyl (C=O) groups excluding carboxylic acids is 1. The lowest BCUT2D eigenvalue weighted by atomic mass is 10.2. The molecule has 0 bridgehead atoms. The number of aromatic nitrogens is 2. The van der Waals surface area contributed by atoms with Crippen LogP contribution in [-0.4, -0.2) is 59.7 Å². The molecule has 25 heavy (non-hydrogen) atoms. The quantitative estimate of drug-likeness (QED) is 0.736. The highest BCUT2D eigenvalue weighted by Gasteiger charge is 2.27. The molecule has 0 unspecified atom stereocenters. The molecule has 0 aliphatic carbocycles. The number of imidazole rings is 1. The lowest BCUT2D eigenvalue weighted by Crippen LogP contribution is -2.50. The average molecular weight is 344 g/mol. The van der Waals surface area contributed by atoms with Crippen molar-refractivity contribution in [3.8, 4) is 5.75 Å². The van der Waals surface area contributed by atoms with Gasteiger partial charge in [0.2, 0.25) is 0 Å². The molecule has 1 amide bonds. The summed E-state index contributed by atoms with van der Waals surface area (Å²) in [6, 6.07) is 9.55. The van der Waals surface area contributed by atoms with Crippen molar-refractivity contribution in [2.45, 2.75) is 19.6 Å². The largest absolute Gasteiger partial charge is 0.492 e. The molecular formula is C18H24N4O3. The number of amides is 1. The van der Waals surface area contributed by atoms with Crippen LogP contribution >= 0.6 is 0 Å². The number of nitrogens with zero attached hydrogens (tertiary/aromatic N) is 2. The van der Waals surface area contributed by atoms with Gasteiger partial charge in [-0.1, -0.05) is 18.2 Å². The van der Waals surface area contributed by atoms with Crippen LogP contribution in [0.3, 0.4) is 0 Å². The minimum absolute atomic E-state index is 0.0971. The minimum Gasteiger partial charge on any atom is -0.492 e. The van der Waals surface area contributed by atoms with Crippen LogP contribution in [0, 0.1) is 6.92 Å². The number of aryl methyl sites for hydroxylation is 1. The SMILES string of the molecule is Cc1[nH]cnc1CN1CCO[C@@H](C(=O)NCCOc2ccccc2)C1. The maximum Gasteiger partial charge on any atom is 0.250 e. The van der Waals surface area contributed by atoms with Gasteiger partial charge in [0.1, 0.15) is 18.5 Å². The maximum absolute atomic E-state index is 12.3. The van der Waals surface area contributed by atoms with Crippen molar-refractivity contribution in [1.82, 2.24) is 20.2 Å². The lowest BCUT2D eigenvalue weighted by molar-refractivity contribution is -0.138. The molecule has 0 radical (unpaired) electrons. The smallest absolute Gasteiger partial charge is 0.250 e. The van der Waals surface area contributed by atoms with Gasteiger partial charge < -0.3 is 19.8 Å². The molecule has 1 aromatic heterocycles. The monoisotopic (exact) mass is 344 g/mol. The highest BCUT2D eigenvalue weighted by molar-refractivity contribution is 5.81. The minimum atomic E-state index is -0.454. The van der Waals surface area contributed by atoms with Gasteiger partial charge in [-0.2, -0.15) is 0 Å². The summed E-state index contributed by atoms with van der Waals surface area (Å²) in [7, 11) is 0. The highest BCUT2D eigenvalue weighted by atomic mass is 16.5. The number of carbonyl (C=O) groups is 1. The van der Waals surface area contributed by atoms with E-state index in [1.807, 2.05) is 37.3 Å². The van der Waals surface area contributed by atoms with E-state index < -0.39 is 6.10 Å². The molecule has 2 N–H and O–H groups in total. The van der Waals surface area contributed by atoms with E-state index in [2.05, 4.69) is 20.2 Å². The van der Waals surface area contributed by atoms with Crippen molar-refractivity contribution in [1.29, 1.82) is 0 Å². The first-order valence-corrected chi connectivity index (χ1v) is 8.51. The van der Waals surface area contributed by atoms with Gasteiger partial charge in [0.15, 0.2) is 0 Å². The van der Waals surface area contributed by atoms with Crippen molar-refractivity contribution >= 4 is 5.91 Å². The normalized spacial score (nSPS) is 18.0. The van der Waals surface area contributed by atoms with Gasteiger partial charge in [0.05, 0.1) is 25.2 Å². The number of hydrogen-bond donors (Lipinski definition) is 2. The number of aromatic amines is 1. The second-order valence-corrected chi connectivity index (χ2v) is 6.02. The van der Waals surface area contributed by atoms with E-state index in [4.69, 9.17) is 9.47 Å². The predicted molar refractivity (Wildman–Crippen MR) is 93.3 cm³/mol. The van der Waals surface area contributed by atoms with Crippen LogP contribution in [0.15, 0.2) is 36.7 Å². The fourth-order valence-electron chi connectivity index (χ4n) is 2.74. The third-order valence-electron chi connectivity index (χ3n) is 4.16. The van der Waals surface area contributed by atoms with Gasteiger partial charge >= 0.3 is 0 Å². The molecule has 1 aromatic carbocycles. The second-order valence-electron chi connectivity index (χ2n) is 6.02. The van der Waals surface area contributed by atoms with Gasteiger partial charge in [-0.3, -0.25) is 9.69 Å². The Balaban J connectivity index is 1.40. The number of benzene rings is 1. The third-order valence-corrected chi connectivity index (χ3v) is 4.16. The summed E-state index contributed by atoms with van der Waals surface area (Å²) in [4.78, 5) is 21.9. The van der Waals surface area contributed by atoms with Crippen molar-refractivity contribution in [2.24, 2.45) is 0 Å². The van der Waals surface area contributed by atoms with Crippen molar-refractivity contribution < 1.29 is 14.3 Å². The summed E-state index contributed by atoms with van der Waals surface area (Å²) >= 11 is 0. The van der Waals surface area contributed by atoms with E-state index in [1.165, 1.54) is 0 Å². The summed E-state index contributed by atoms with van der Waals surface area (Å²) < 4.78 is 11.2. The third kappa shape index (κ3) is 5.04. The van der Waals surface area contributed by atoms with E-state index in [9.17, 15) is 4.79 Å². The number of H-pyrrole nitrogens is 1. The zero-order valence-electron chi connectivity index (χ0n) is 14.4. The van der Waals surface area contributed by atoms with Crippen molar-refractivity contribution in [2.75, 3.05) is 32.8 Å². The van der Waals surface area contributed by atoms with E-state index in [0.29, 0.717) is 26.3 Å². The topological polar surface area (TPSA) is 79.5 Å². The molecule has 1 aliphatic rings. The Labute approximate surface area is 147 Å². The van der Waals surface area contributed by atoms with E-state index >= 15 is 0 Å². The van der Waals surface area contributed by atoms with Crippen LogP contribution in [-0.2, 0) is 16.1 Å². The first-order valence-electron chi connectivity index (χ1n) is 8.51. The van der Waals surface area contributed by atoms with E-state index in [1.54, 1.807) is 6.33 Å². The summed E-state index contributed by atoms with van der Waals surface area (Å²) in [5.41, 5.74) is 2.07. The molecule has 0 saturated carbocycles. The predicted octanol–water partition coefficient (Wildman–Crippen LogP) is 1.11. The Bertz CT molecular complexity index is 674. The molecule has 7 nitrogen and oxygen atoms in total. The number of hydrogen-bond acceptors (Lipinski definition) is 5. The van der Waals surface area contributed by atoms with Crippen LogP contribution in [0.4, 0.5) is 0 Å². The fraction of sp³-hybridized carbons (Fsp3) is 0.444.